The van der Waals surface area contributed by atoms with Crippen molar-refractivity contribution in [3.63, 3.8) is 0 Å². The molecule has 5 saturated heterocycles. The van der Waals surface area contributed by atoms with Crippen molar-refractivity contribution in [2.75, 3.05) is 39.6 Å². The molecule has 0 aromatic rings. The van der Waals surface area contributed by atoms with Gasteiger partial charge < -0.3 is 140 Å². The van der Waals surface area contributed by atoms with E-state index in [4.69, 9.17) is 47.4 Å². The van der Waals surface area contributed by atoms with E-state index in [1.807, 2.05) is 6.08 Å². The van der Waals surface area contributed by atoms with Crippen LogP contribution in [0.5, 0.6) is 0 Å². The highest BCUT2D eigenvalue weighted by Gasteiger charge is 2.57. The van der Waals surface area contributed by atoms with Crippen LogP contribution in [0, 0.1) is 0 Å². The summed E-state index contributed by atoms with van der Waals surface area (Å²) in [6, 6.07) is -2.83. The largest absolute Gasteiger partial charge is 0.394 e. The molecule has 0 aromatic heterocycles. The molecule has 0 aliphatic carbocycles. The number of allylic oxidation sites excluding steroid dienone is 1. The predicted molar refractivity (Wildman–Crippen MR) is 368 cm³/mol. The van der Waals surface area contributed by atoms with Gasteiger partial charge in [0.25, 0.3) is 0 Å². The summed E-state index contributed by atoms with van der Waals surface area (Å²) < 4.78 is 58.6. The van der Waals surface area contributed by atoms with Crippen LogP contribution in [0.2, 0.25) is 0 Å². The van der Waals surface area contributed by atoms with Crippen LogP contribution in [-0.4, -0.2) is 299 Å². The number of rotatable bonds is 52. The van der Waals surface area contributed by atoms with Crippen molar-refractivity contribution in [1.29, 1.82) is 0 Å². The molecule has 5 aliphatic rings. The summed E-state index contributed by atoms with van der Waals surface area (Å²) in [5.41, 5.74) is 0. The molecule has 10 unspecified atom stereocenters. The Balaban J connectivity index is 1.20. The maximum Gasteiger partial charge on any atom is 0.220 e. The van der Waals surface area contributed by atoms with Gasteiger partial charge in [-0.3, -0.25) is 9.59 Å². The number of ether oxygens (including phenoxy) is 10. The van der Waals surface area contributed by atoms with Crippen molar-refractivity contribution in [2.24, 2.45) is 0 Å². The molecule has 2 amide bonds. The second kappa shape index (κ2) is 50.4. The van der Waals surface area contributed by atoms with Crippen molar-refractivity contribution in [3.8, 4) is 0 Å². The lowest BCUT2D eigenvalue weighted by Crippen LogP contribution is -2.70. The molecule has 5 aliphatic heterocycles. The minimum atomic E-state index is -2.18. The van der Waals surface area contributed by atoms with E-state index in [9.17, 15) is 91.3 Å². The number of aliphatic hydroxyl groups is 16. The molecule has 5 heterocycles. The van der Waals surface area contributed by atoms with Gasteiger partial charge in [-0.05, 0) is 19.3 Å². The van der Waals surface area contributed by atoms with Crippen LogP contribution in [0.1, 0.15) is 226 Å². The first kappa shape index (κ1) is 90.3. The molecule has 102 heavy (non-hydrogen) atoms. The van der Waals surface area contributed by atoms with E-state index >= 15 is 0 Å². The van der Waals surface area contributed by atoms with Gasteiger partial charge in [-0.1, -0.05) is 206 Å². The maximum absolute atomic E-state index is 13.5. The lowest BCUT2D eigenvalue weighted by molar-refractivity contribution is -0.386. The first-order valence-corrected chi connectivity index (χ1v) is 38.5. The number of amides is 2. The van der Waals surface area contributed by atoms with Crippen LogP contribution in [0.15, 0.2) is 12.2 Å². The number of aliphatic hydroxyl groups excluding tert-OH is 16. The van der Waals surface area contributed by atoms with Gasteiger partial charge in [0.15, 0.2) is 31.5 Å². The number of hydrogen-bond donors (Lipinski definition) is 18. The van der Waals surface area contributed by atoms with Gasteiger partial charge in [-0.25, -0.2) is 0 Å². The van der Waals surface area contributed by atoms with Gasteiger partial charge >= 0.3 is 0 Å². The molecule has 30 nitrogen and oxygen atoms in total. The van der Waals surface area contributed by atoms with Crippen LogP contribution >= 0.6 is 0 Å². The molecule has 5 fully saturated rings. The second-order valence-corrected chi connectivity index (χ2v) is 28.5. The summed E-state index contributed by atoms with van der Waals surface area (Å²) in [4.78, 5) is 26.5. The van der Waals surface area contributed by atoms with Crippen molar-refractivity contribution < 1.29 is 139 Å². The molecule has 0 aromatic carbocycles. The Hall–Kier alpha value is -2.36. The number of carbonyl (C=O) groups excluding carboxylic acids is 2. The quantitative estimate of drug-likeness (QED) is 0.0300. The summed E-state index contributed by atoms with van der Waals surface area (Å²) in [7, 11) is 0. The van der Waals surface area contributed by atoms with E-state index in [2.05, 4.69) is 24.5 Å². The van der Waals surface area contributed by atoms with E-state index in [0.29, 0.717) is 12.8 Å². The minimum absolute atomic E-state index is 0.190. The highest BCUT2D eigenvalue weighted by atomic mass is 16.8. The standard InChI is InChI=1S/C72H132N2O28/c1-4-6-8-10-12-14-16-18-19-20-21-22-23-25-27-29-31-33-35-37-52(82)74-45(46(81)36-34-32-30-28-26-24-17-15-13-11-9-7-5-2)43-93-69-61(90)59(88)64(51(42-79)98-69)99-71-62(91)66(56(85)49(40-77)96-71)101-68-53(73-44(3)80)65(55(84)48(39-76)94-68)100-72-63(92)67(57(86)50(41-78)97-72)102-70-60(89)58(87)54(83)47(38-75)95-70/h34,36,45-51,53-72,75-79,81,83-92H,4-33,35,37-43H2,1-3H3,(H,73,80)(H,74,82)/b36-34+/t45-,46+,47?,48?,49?,50?,51?,53?,54-,55+,56-,57-,58-,59+,60?,61?,62?,63?,64+,65+,66-,67-,68-,69+,70-,71-,72-/m0/s1. The lowest BCUT2D eigenvalue weighted by atomic mass is 9.94. The van der Waals surface area contributed by atoms with Crippen molar-refractivity contribution in [1.82, 2.24) is 10.6 Å². The van der Waals surface area contributed by atoms with Crippen LogP contribution in [0.25, 0.3) is 0 Å². The zero-order valence-corrected chi connectivity index (χ0v) is 60.7. The molecule has 27 atom stereocenters. The van der Waals surface area contributed by atoms with E-state index in [0.717, 1.165) is 58.3 Å². The third-order valence-electron chi connectivity index (χ3n) is 20.2. The van der Waals surface area contributed by atoms with E-state index < -0.39 is 211 Å². The average molecular weight is 1470 g/mol. The smallest absolute Gasteiger partial charge is 0.220 e. The number of nitrogens with one attached hydrogen (secondary N) is 2. The fraction of sp³-hybridized carbons (Fsp3) is 0.944. The number of carbonyl (C=O) groups is 2. The second-order valence-electron chi connectivity index (χ2n) is 28.5. The van der Waals surface area contributed by atoms with E-state index in [-0.39, 0.29) is 12.3 Å². The lowest BCUT2D eigenvalue weighted by Gasteiger charge is -2.50. The summed E-state index contributed by atoms with van der Waals surface area (Å²) in [5, 5.41) is 181. The molecule has 30 heteroatoms. The predicted octanol–water partition coefficient (Wildman–Crippen LogP) is 1.17. The van der Waals surface area contributed by atoms with Gasteiger partial charge in [0, 0.05) is 13.3 Å². The highest BCUT2D eigenvalue weighted by molar-refractivity contribution is 5.76. The number of hydrogen-bond acceptors (Lipinski definition) is 28. The van der Waals surface area contributed by atoms with Crippen molar-refractivity contribution in [3.05, 3.63) is 12.2 Å². The van der Waals surface area contributed by atoms with Gasteiger partial charge in [-0.15, -0.1) is 0 Å². The topological polar surface area (TPSA) is 474 Å². The van der Waals surface area contributed by atoms with Crippen molar-refractivity contribution >= 4 is 11.8 Å². The highest BCUT2D eigenvalue weighted by Crippen LogP contribution is 2.37. The molecule has 0 bridgehead atoms. The van der Waals surface area contributed by atoms with Crippen molar-refractivity contribution in [2.45, 2.75) is 392 Å². The zero-order valence-electron chi connectivity index (χ0n) is 60.7. The fourth-order valence-corrected chi connectivity index (χ4v) is 13.9. The Labute approximate surface area is 602 Å². The minimum Gasteiger partial charge on any atom is -0.394 e. The fourth-order valence-electron chi connectivity index (χ4n) is 13.9. The maximum atomic E-state index is 13.5. The molecule has 598 valence electrons. The van der Waals surface area contributed by atoms with Crippen LogP contribution < -0.4 is 10.6 Å². The van der Waals surface area contributed by atoms with Crippen LogP contribution in [0.3, 0.4) is 0 Å². The Morgan fingerprint density at radius 2 is 0.725 bits per heavy atom. The molecule has 0 radical (unpaired) electrons. The summed E-state index contributed by atoms with van der Waals surface area (Å²) >= 11 is 0. The first-order chi connectivity index (χ1) is 49.2. The Morgan fingerprint density at radius 1 is 0.382 bits per heavy atom. The average Bonchev–Trinajstić information content (AvgIpc) is 0.772. The molecular formula is C72H132N2O28. The van der Waals surface area contributed by atoms with Crippen LogP contribution in [-0.2, 0) is 57.0 Å². The SMILES string of the molecule is CCCCCCCCCCCCC/C=C/[C@@H](O)[C@H](CO[C@@H]1OC(CO)[C@@H](O[C@@H]2OC(CO)[C@H](O)[C@H](O[C@@H]3OC(CO)[C@@H](O)[C@H](O[C@@H]4OC(CO)[C@H](O)[C@H](O[C@@H]5OC(CO)[C@H](O)[C@H](O)C5O)C4O)C3NC(C)=O)C2O)[C@H](O)C1O)NC(=O)CCCCCCCCCCCCCCCCCCCCC. The normalized spacial score (nSPS) is 35.2. The zero-order chi connectivity index (χ0) is 74.5. The third kappa shape index (κ3) is 29.2. The third-order valence-corrected chi connectivity index (χ3v) is 20.2. The van der Waals surface area contributed by atoms with E-state index in [1.165, 1.54) is 135 Å². The summed E-state index contributed by atoms with van der Waals surface area (Å²) in [5.74, 6) is -1.17. The summed E-state index contributed by atoms with van der Waals surface area (Å²) in [6.45, 7) is 0.304. The van der Waals surface area contributed by atoms with Crippen LogP contribution in [0.4, 0.5) is 0 Å². The molecule has 5 rings (SSSR count). The monoisotopic (exact) mass is 1470 g/mol. The summed E-state index contributed by atoms with van der Waals surface area (Å²) in [6.07, 6.45) is -6.35. The molecule has 18 N–H and O–H groups in total. The van der Waals surface area contributed by atoms with Gasteiger partial charge in [-0.2, -0.15) is 0 Å². The molecule has 0 spiro atoms. The molecule has 0 saturated carbocycles. The molecular weight excluding hydrogens is 1340 g/mol. The Kier molecular flexibility index (Phi) is 44.6. The first-order valence-electron chi connectivity index (χ1n) is 38.5. The Bertz CT molecular complexity index is 2220. The van der Waals surface area contributed by atoms with Gasteiger partial charge in [0.05, 0.1) is 51.8 Å². The Morgan fingerprint density at radius 3 is 1.16 bits per heavy atom. The van der Waals surface area contributed by atoms with Gasteiger partial charge in [0.2, 0.25) is 11.8 Å². The van der Waals surface area contributed by atoms with Gasteiger partial charge in [0.1, 0.15) is 122 Å². The number of unbranched alkanes of at least 4 members (excludes halogenated alkanes) is 29. The van der Waals surface area contributed by atoms with E-state index in [1.54, 1.807) is 6.08 Å².